The van der Waals surface area contributed by atoms with Crippen molar-refractivity contribution in [2.75, 3.05) is 18.8 Å². The van der Waals surface area contributed by atoms with Crippen molar-refractivity contribution in [3.63, 3.8) is 0 Å². The second-order valence-corrected chi connectivity index (χ2v) is 7.19. The van der Waals surface area contributed by atoms with Crippen molar-refractivity contribution in [3.05, 3.63) is 16.1 Å². The first-order chi connectivity index (χ1) is 10.0. The molecule has 2 atom stereocenters. The van der Waals surface area contributed by atoms with E-state index in [2.05, 4.69) is 17.2 Å². The lowest BCUT2D eigenvalue weighted by atomic mass is 10.3. The maximum atomic E-state index is 12.3. The third-order valence-corrected chi connectivity index (χ3v) is 5.73. The molecule has 21 heavy (non-hydrogen) atoms. The number of thioether (sulfide) groups is 1. The average Bonchev–Trinajstić information content (AvgIpc) is 2.97. The standard InChI is InChI=1S/C13H19N3O3S2/c1-3-9-6-16(4-5-20-9)13(19)14-8(2)11-15-10(7-21-11)12(17)18/h7-9H,3-6H2,1-2H3,(H,14,19)(H,17,18). The zero-order valence-corrected chi connectivity index (χ0v) is 13.7. The molecule has 2 unspecified atom stereocenters. The number of thiazole rings is 1. The Hall–Kier alpha value is -1.28. The van der Waals surface area contributed by atoms with Gasteiger partial charge in [0.25, 0.3) is 0 Å². The number of urea groups is 1. The molecule has 0 radical (unpaired) electrons. The number of amides is 2. The molecule has 8 heteroatoms. The Morgan fingerprint density at radius 1 is 1.62 bits per heavy atom. The van der Waals surface area contributed by atoms with Crippen LogP contribution in [0.1, 0.15) is 41.8 Å². The van der Waals surface area contributed by atoms with Crippen LogP contribution in [0.5, 0.6) is 0 Å². The van der Waals surface area contributed by atoms with Gasteiger partial charge in [-0.2, -0.15) is 11.8 Å². The van der Waals surface area contributed by atoms with Crippen molar-refractivity contribution in [2.45, 2.75) is 31.6 Å². The lowest BCUT2D eigenvalue weighted by molar-refractivity contribution is 0.0691. The molecular formula is C13H19N3O3S2. The van der Waals surface area contributed by atoms with Crippen LogP contribution in [0.15, 0.2) is 5.38 Å². The summed E-state index contributed by atoms with van der Waals surface area (Å²) in [7, 11) is 0. The van der Waals surface area contributed by atoms with Crippen LogP contribution in [0.3, 0.4) is 0 Å². The zero-order valence-electron chi connectivity index (χ0n) is 12.0. The fourth-order valence-electron chi connectivity index (χ4n) is 2.07. The molecule has 0 bridgehead atoms. The molecule has 1 aliphatic heterocycles. The fraction of sp³-hybridized carbons (Fsp3) is 0.615. The van der Waals surface area contributed by atoms with Crippen LogP contribution in [-0.4, -0.2) is 51.1 Å². The van der Waals surface area contributed by atoms with E-state index in [4.69, 9.17) is 5.11 Å². The second-order valence-electron chi connectivity index (χ2n) is 4.89. The average molecular weight is 329 g/mol. The summed E-state index contributed by atoms with van der Waals surface area (Å²) in [6, 6.07) is -0.390. The molecule has 2 rings (SSSR count). The number of nitrogens with one attached hydrogen (secondary N) is 1. The smallest absolute Gasteiger partial charge is 0.355 e. The van der Waals surface area contributed by atoms with E-state index in [-0.39, 0.29) is 17.8 Å². The van der Waals surface area contributed by atoms with Crippen LogP contribution in [-0.2, 0) is 0 Å². The number of rotatable bonds is 4. The highest BCUT2D eigenvalue weighted by Crippen LogP contribution is 2.22. The van der Waals surface area contributed by atoms with Crippen LogP contribution >= 0.6 is 23.1 Å². The Morgan fingerprint density at radius 2 is 2.38 bits per heavy atom. The van der Waals surface area contributed by atoms with Crippen molar-refractivity contribution in [1.29, 1.82) is 0 Å². The Labute approximate surface area is 131 Å². The van der Waals surface area contributed by atoms with E-state index in [0.29, 0.717) is 10.3 Å². The van der Waals surface area contributed by atoms with E-state index in [1.165, 1.54) is 16.7 Å². The highest BCUT2D eigenvalue weighted by atomic mass is 32.2. The molecule has 2 heterocycles. The monoisotopic (exact) mass is 329 g/mol. The molecule has 2 amide bonds. The molecule has 0 saturated carbocycles. The van der Waals surface area contributed by atoms with Gasteiger partial charge in [0.2, 0.25) is 0 Å². The minimum absolute atomic E-state index is 0.0246. The summed E-state index contributed by atoms with van der Waals surface area (Å²) in [4.78, 5) is 28.9. The van der Waals surface area contributed by atoms with Gasteiger partial charge in [-0.05, 0) is 13.3 Å². The molecular weight excluding hydrogens is 310 g/mol. The third-order valence-electron chi connectivity index (χ3n) is 3.33. The number of aromatic nitrogens is 1. The molecule has 1 aliphatic rings. The highest BCUT2D eigenvalue weighted by Gasteiger charge is 2.24. The lowest BCUT2D eigenvalue weighted by Gasteiger charge is -2.32. The van der Waals surface area contributed by atoms with Crippen molar-refractivity contribution in [2.24, 2.45) is 0 Å². The number of carboxylic acid groups (broad SMARTS) is 1. The first kappa shape index (κ1) is 16.1. The molecule has 1 aromatic heterocycles. The Bertz CT molecular complexity index is 521. The first-order valence-corrected chi connectivity index (χ1v) is 8.79. The zero-order chi connectivity index (χ0) is 15.4. The van der Waals surface area contributed by atoms with E-state index >= 15 is 0 Å². The number of hydrogen-bond donors (Lipinski definition) is 2. The van der Waals surface area contributed by atoms with E-state index in [9.17, 15) is 9.59 Å². The maximum Gasteiger partial charge on any atom is 0.355 e. The summed E-state index contributed by atoms with van der Waals surface area (Å²) in [6.07, 6.45) is 1.05. The number of carboxylic acids is 1. The molecule has 1 saturated heterocycles. The van der Waals surface area contributed by atoms with Gasteiger partial charge in [0, 0.05) is 29.5 Å². The summed E-state index contributed by atoms with van der Waals surface area (Å²) < 4.78 is 0. The van der Waals surface area contributed by atoms with Crippen LogP contribution in [0.4, 0.5) is 4.79 Å². The summed E-state index contributed by atoms with van der Waals surface area (Å²) in [5.41, 5.74) is 0.0246. The van der Waals surface area contributed by atoms with Crippen molar-refractivity contribution < 1.29 is 14.7 Å². The van der Waals surface area contributed by atoms with Crippen LogP contribution in [0.25, 0.3) is 0 Å². The van der Waals surface area contributed by atoms with E-state index in [1.807, 2.05) is 23.6 Å². The summed E-state index contributed by atoms with van der Waals surface area (Å²) in [5, 5.41) is 14.4. The predicted molar refractivity (Wildman–Crippen MR) is 84.1 cm³/mol. The quantitative estimate of drug-likeness (QED) is 0.886. The predicted octanol–water partition coefficient (Wildman–Crippen LogP) is 2.44. The maximum absolute atomic E-state index is 12.3. The number of hydrogen-bond acceptors (Lipinski definition) is 5. The third kappa shape index (κ3) is 4.10. The van der Waals surface area contributed by atoms with Crippen molar-refractivity contribution in [1.82, 2.24) is 15.2 Å². The Morgan fingerprint density at radius 3 is 3.00 bits per heavy atom. The van der Waals surface area contributed by atoms with Gasteiger partial charge < -0.3 is 15.3 Å². The fourth-order valence-corrected chi connectivity index (χ4v) is 4.05. The molecule has 0 spiro atoms. The summed E-state index contributed by atoms with van der Waals surface area (Å²) >= 11 is 3.16. The van der Waals surface area contributed by atoms with E-state index < -0.39 is 5.97 Å². The topological polar surface area (TPSA) is 82.5 Å². The van der Waals surface area contributed by atoms with E-state index in [1.54, 1.807) is 0 Å². The number of nitrogens with zero attached hydrogens (tertiary/aromatic N) is 2. The van der Waals surface area contributed by atoms with Gasteiger partial charge in [-0.25, -0.2) is 14.6 Å². The highest BCUT2D eigenvalue weighted by molar-refractivity contribution is 8.00. The molecule has 0 aliphatic carbocycles. The summed E-state index contributed by atoms with van der Waals surface area (Å²) in [6.45, 7) is 5.46. The first-order valence-electron chi connectivity index (χ1n) is 6.87. The second kappa shape index (κ2) is 7.13. The van der Waals surface area contributed by atoms with Crippen LogP contribution in [0, 0.1) is 0 Å². The van der Waals surface area contributed by atoms with Gasteiger partial charge in [0.15, 0.2) is 5.69 Å². The lowest BCUT2D eigenvalue weighted by Crippen LogP contribution is -2.47. The molecule has 2 N–H and O–H groups in total. The minimum atomic E-state index is -1.05. The minimum Gasteiger partial charge on any atom is -0.476 e. The number of aromatic carboxylic acids is 1. The molecule has 116 valence electrons. The molecule has 0 aromatic carbocycles. The normalized spacial score (nSPS) is 20.1. The van der Waals surface area contributed by atoms with Crippen LogP contribution < -0.4 is 5.32 Å². The van der Waals surface area contributed by atoms with Gasteiger partial charge in [-0.3, -0.25) is 0 Å². The van der Waals surface area contributed by atoms with Crippen LogP contribution in [0.2, 0.25) is 0 Å². The largest absolute Gasteiger partial charge is 0.476 e. The number of carbonyl (C=O) groups is 2. The summed E-state index contributed by atoms with van der Waals surface area (Å²) in [5.74, 6) is -0.0874. The van der Waals surface area contributed by atoms with Gasteiger partial charge >= 0.3 is 12.0 Å². The molecule has 6 nitrogen and oxygen atoms in total. The Balaban J connectivity index is 1.93. The number of carbonyl (C=O) groups excluding carboxylic acids is 1. The van der Waals surface area contributed by atoms with E-state index in [0.717, 1.165) is 25.3 Å². The molecule has 1 fully saturated rings. The van der Waals surface area contributed by atoms with Crippen molar-refractivity contribution in [3.8, 4) is 0 Å². The van der Waals surface area contributed by atoms with Crippen molar-refractivity contribution >= 4 is 35.1 Å². The van der Waals surface area contributed by atoms with Gasteiger partial charge in [-0.1, -0.05) is 6.92 Å². The van der Waals surface area contributed by atoms with Gasteiger partial charge in [-0.15, -0.1) is 11.3 Å². The molecule has 1 aromatic rings. The van der Waals surface area contributed by atoms with Gasteiger partial charge in [0.05, 0.1) is 6.04 Å². The SMILES string of the molecule is CCC1CN(C(=O)NC(C)c2nc(C(=O)O)cs2)CCS1. The Kier molecular flexibility index (Phi) is 5.46. The van der Waals surface area contributed by atoms with Gasteiger partial charge in [0.1, 0.15) is 5.01 Å².